The quantitative estimate of drug-likeness (QED) is 0.0738. The Morgan fingerprint density at radius 3 is 1.47 bits per heavy atom. The fraction of sp³-hybridized carbons (Fsp3) is 0.452. The van der Waals surface area contributed by atoms with Gasteiger partial charge in [-0.05, 0) is 31.9 Å². The SMILES string of the molecule is C=NO[C@H]1C(OCc2ccccc2)[C@](CC)(OC=O)O[C@H]1n1cc(C)c(=O)[nH]c1=O.CCO[C@H]1C(OCc2ccccc2)[C@](CC)(OC=O)O[C@H]1n1cc(C)c(=O)[nH]c1=O.CO. The van der Waals surface area contributed by atoms with E-state index in [-0.39, 0.29) is 38.1 Å². The molecule has 6 rings (SSSR count). The molecule has 0 amide bonds. The zero-order valence-electron chi connectivity index (χ0n) is 35.3. The van der Waals surface area contributed by atoms with Crippen molar-refractivity contribution in [3.63, 3.8) is 0 Å². The van der Waals surface area contributed by atoms with Crippen LogP contribution in [0.25, 0.3) is 0 Å². The van der Waals surface area contributed by atoms with Gasteiger partial charge < -0.3 is 43.1 Å². The molecule has 0 bridgehead atoms. The van der Waals surface area contributed by atoms with E-state index in [1.807, 2.05) is 60.7 Å². The lowest BCUT2D eigenvalue weighted by atomic mass is 10.0. The molecule has 62 heavy (non-hydrogen) atoms. The number of carbonyl (C=O) groups is 2. The van der Waals surface area contributed by atoms with E-state index in [2.05, 4.69) is 21.8 Å². The van der Waals surface area contributed by atoms with Crippen LogP contribution in [0.2, 0.25) is 0 Å². The number of nitrogens with one attached hydrogen (secondary N) is 2. The average Bonchev–Trinajstić information content (AvgIpc) is 3.75. The van der Waals surface area contributed by atoms with Crippen molar-refractivity contribution in [3.8, 4) is 0 Å². The molecule has 4 aromatic rings. The van der Waals surface area contributed by atoms with Crippen molar-refractivity contribution in [2.75, 3.05) is 13.7 Å². The second-order valence-electron chi connectivity index (χ2n) is 13.8. The predicted molar refractivity (Wildman–Crippen MR) is 221 cm³/mol. The van der Waals surface area contributed by atoms with Gasteiger partial charge in [0, 0.05) is 56.8 Å². The van der Waals surface area contributed by atoms with Crippen molar-refractivity contribution < 1.29 is 52.7 Å². The Labute approximate surface area is 355 Å². The van der Waals surface area contributed by atoms with E-state index in [0.717, 1.165) is 22.8 Å². The molecule has 20 nitrogen and oxygen atoms in total. The zero-order valence-corrected chi connectivity index (χ0v) is 35.3. The fourth-order valence-electron chi connectivity index (χ4n) is 7.07. The predicted octanol–water partition coefficient (Wildman–Crippen LogP) is 2.49. The number of benzene rings is 2. The first-order valence-electron chi connectivity index (χ1n) is 19.6. The van der Waals surface area contributed by atoms with Gasteiger partial charge in [0.25, 0.3) is 24.1 Å². The van der Waals surface area contributed by atoms with Crippen LogP contribution in [0.1, 0.15) is 68.3 Å². The van der Waals surface area contributed by atoms with Crippen LogP contribution in [0.4, 0.5) is 0 Å². The van der Waals surface area contributed by atoms with Crippen molar-refractivity contribution in [3.05, 3.63) is 137 Å². The number of aromatic amines is 2. The summed E-state index contributed by atoms with van der Waals surface area (Å²) in [6, 6.07) is 18.9. The molecule has 8 atom stereocenters. The first-order valence-corrected chi connectivity index (χ1v) is 19.6. The van der Waals surface area contributed by atoms with E-state index >= 15 is 0 Å². The summed E-state index contributed by atoms with van der Waals surface area (Å²) >= 11 is 0. The maximum atomic E-state index is 12.5. The molecule has 2 aromatic heterocycles. The van der Waals surface area contributed by atoms with E-state index in [9.17, 15) is 28.8 Å². The maximum Gasteiger partial charge on any atom is 0.330 e. The standard InChI is InChI=1S/C21H26N2O7.C20H23N3O7.CH4O/c1-4-21(29-13-24)17(28-12-15-9-7-6-8-10-15)16(27-5-2)19(30-21)23-11-14(3)18(25)22-20(23)26;1-4-20(28-12-24)16(27-11-14-8-6-5-7-9-14)15(30-21-3)18(29-20)23-10-13(2)17(25)22-19(23)26;1-2/h6-11,13,16-17,19H,4-5,12H2,1-3H3,(H,22,25,26);5-10,12,15-16,18H,3-4,11H2,1-2H3,(H,22,25,26);2H,1H3/t16-,17?,19+,21+;15-,16?,18+,20+;/m00./s1. The van der Waals surface area contributed by atoms with E-state index < -0.39 is 70.9 Å². The Morgan fingerprint density at radius 1 is 0.694 bits per heavy atom. The fourth-order valence-corrected chi connectivity index (χ4v) is 7.07. The summed E-state index contributed by atoms with van der Waals surface area (Å²) in [5.41, 5.74) is 0.0503. The first-order chi connectivity index (χ1) is 29.9. The van der Waals surface area contributed by atoms with E-state index in [0.29, 0.717) is 18.6 Å². The summed E-state index contributed by atoms with van der Waals surface area (Å²) in [5.74, 6) is -3.00. The van der Waals surface area contributed by atoms with Crippen LogP contribution in [0, 0.1) is 13.8 Å². The third-order valence-corrected chi connectivity index (χ3v) is 10.1. The summed E-state index contributed by atoms with van der Waals surface area (Å²) in [4.78, 5) is 81.0. The number of aliphatic hydroxyl groups excluding tert-OH is 1. The number of aliphatic hydroxyl groups is 1. The molecule has 336 valence electrons. The van der Waals surface area contributed by atoms with Crippen molar-refractivity contribution in [1.82, 2.24) is 19.1 Å². The summed E-state index contributed by atoms with van der Waals surface area (Å²) in [7, 11) is 1.00. The molecule has 4 heterocycles. The number of hydrogen-bond acceptors (Lipinski definition) is 16. The van der Waals surface area contributed by atoms with Crippen molar-refractivity contribution >= 4 is 19.7 Å². The van der Waals surface area contributed by atoms with Gasteiger partial charge in [-0.25, -0.2) is 9.59 Å². The smallest absolute Gasteiger partial charge is 0.330 e. The number of rotatable bonds is 18. The second-order valence-corrected chi connectivity index (χ2v) is 13.8. The molecule has 0 saturated carbocycles. The van der Waals surface area contributed by atoms with Gasteiger partial charge in [-0.1, -0.05) is 74.5 Å². The van der Waals surface area contributed by atoms with Gasteiger partial charge in [0.2, 0.25) is 17.7 Å². The summed E-state index contributed by atoms with van der Waals surface area (Å²) in [5, 5.41) is 10.5. The monoisotopic (exact) mass is 867 g/mol. The molecule has 2 aliphatic rings. The van der Waals surface area contributed by atoms with Gasteiger partial charge in [-0.15, -0.1) is 5.16 Å². The summed E-state index contributed by atoms with van der Waals surface area (Å²) in [6.45, 7) is 13.1. The number of ether oxygens (including phenoxy) is 7. The normalized spacial score (nSPS) is 25.0. The van der Waals surface area contributed by atoms with Crippen LogP contribution < -0.4 is 22.5 Å². The van der Waals surface area contributed by atoms with Crippen molar-refractivity contribution in [2.45, 2.75) is 109 Å². The molecule has 2 unspecified atom stereocenters. The summed E-state index contributed by atoms with van der Waals surface area (Å²) < 4.78 is 43.3. The average molecular weight is 868 g/mol. The minimum Gasteiger partial charge on any atom is -0.432 e. The van der Waals surface area contributed by atoms with E-state index in [4.69, 9.17) is 43.1 Å². The lowest BCUT2D eigenvalue weighted by molar-refractivity contribution is -0.258. The highest BCUT2D eigenvalue weighted by Gasteiger charge is 2.61. The molecule has 2 saturated heterocycles. The first kappa shape index (κ1) is 48.6. The molecule has 20 heteroatoms. The van der Waals surface area contributed by atoms with Crippen LogP contribution in [-0.2, 0) is 60.8 Å². The number of H-pyrrole nitrogens is 2. The van der Waals surface area contributed by atoms with Crippen molar-refractivity contribution in [1.29, 1.82) is 0 Å². The van der Waals surface area contributed by atoms with Crippen LogP contribution in [0.5, 0.6) is 0 Å². The van der Waals surface area contributed by atoms with Gasteiger partial charge in [-0.2, -0.15) is 0 Å². The molecule has 2 aliphatic heterocycles. The Bertz CT molecular complexity index is 2300. The van der Waals surface area contributed by atoms with Gasteiger partial charge in [-0.3, -0.25) is 38.3 Å². The van der Waals surface area contributed by atoms with Crippen LogP contribution in [0.15, 0.2) is 97.4 Å². The largest absolute Gasteiger partial charge is 0.432 e. The minimum absolute atomic E-state index is 0.169. The molecule has 2 aromatic carbocycles. The Kier molecular flexibility index (Phi) is 17.8. The lowest BCUT2D eigenvalue weighted by Gasteiger charge is -2.32. The van der Waals surface area contributed by atoms with Crippen LogP contribution in [0.3, 0.4) is 0 Å². The topological polar surface area (TPSA) is 250 Å². The van der Waals surface area contributed by atoms with E-state index in [1.54, 1.807) is 34.6 Å². The third-order valence-electron chi connectivity index (χ3n) is 10.1. The minimum atomic E-state index is -1.54. The summed E-state index contributed by atoms with van der Waals surface area (Å²) in [6.07, 6.45) is -2.36. The molecule has 3 N–H and O–H groups in total. The molecule has 0 aliphatic carbocycles. The molecular weight excluding hydrogens is 814 g/mol. The second kappa shape index (κ2) is 22.7. The zero-order chi connectivity index (χ0) is 45.5. The van der Waals surface area contributed by atoms with Gasteiger partial charge in [0.15, 0.2) is 24.7 Å². The number of aromatic nitrogens is 4. The Hall–Kier alpha value is -6.03. The third kappa shape index (κ3) is 10.9. The number of nitrogens with zero attached hydrogens (tertiary/aromatic N) is 3. The number of oxime groups is 1. The maximum absolute atomic E-state index is 12.5. The van der Waals surface area contributed by atoms with Crippen LogP contribution >= 0.6 is 0 Å². The van der Waals surface area contributed by atoms with Crippen molar-refractivity contribution in [2.24, 2.45) is 5.16 Å². The highest BCUT2D eigenvalue weighted by atomic mass is 16.8. The molecule has 2 fully saturated rings. The Balaban J connectivity index is 0.000000262. The van der Waals surface area contributed by atoms with Gasteiger partial charge >= 0.3 is 11.4 Å². The lowest BCUT2D eigenvalue weighted by Crippen LogP contribution is -2.47. The van der Waals surface area contributed by atoms with Crippen LogP contribution in [-0.4, -0.2) is 93.6 Å². The highest BCUT2D eigenvalue weighted by molar-refractivity contribution is 5.39. The van der Waals surface area contributed by atoms with Gasteiger partial charge in [0.1, 0.15) is 6.10 Å². The number of carbonyl (C=O) groups excluding carboxylic acids is 2. The molecule has 0 spiro atoms. The molecular formula is C42H53N5O15. The highest BCUT2D eigenvalue weighted by Crippen LogP contribution is 2.44. The van der Waals surface area contributed by atoms with Gasteiger partial charge in [0.05, 0.1) is 13.2 Å². The Morgan fingerprint density at radius 2 is 1.10 bits per heavy atom. The number of hydrogen-bond donors (Lipinski definition) is 3. The molecule has 0 radical (unpaired) electrons. The number of aryl methyl sites for hydroxylation is 2. The van der Waals surface area contributed by atoms with E-state index in [1.165, 1.54) is 17.0 Å².